The molecular formula is C62H42N2. The van der Waals surface area contributed by atoms with E-state index in [4.69, 9.17) is 0 Å². The Hall–Kier alpha value is -8.46. The standard InChI is InChI=1S/C62H42N2/c1-3-15-47(16-4-1)61(49-31-27-43(28-32-49)45-35-39-51(40-36-45)63-57-23-11-7-19-53(57)54-20-8-12-24-58(54)63)62(48-17-5-2-6-18-48)50-33-29-44(30-34-50)46-37-41-52(42-38-46)64-59-25-13-9-21-55(59)56-22-10-14-26-60(56)64/h1-42H. The minimum absolute atomic E-state index is 1.15. The van der Waals surface area contributed by atoms with Gasteiger partial charge in [0.1, 0.15) is 0 Å². The fraction of sp³-hybridized carbons (Fsp3) is 0. The van der Waals surface area contributed by atoms with Crippen LogP contribution >= 0.6 is 0 Å². The second-order valence-corrected chi connectivity index (χ2v) is 16.5. The van der Waals surface area contributed by atoms with E-state index in [1.165, 1.54) is 99.3 Å². The van der Waals surface area contributed by atoms with E-state index >= 15 is 0 Å². The number of para-hydroxylation sites is 4. The zero-order valence-electron chi connectivity index (χ0n) is 35.1. The van der Waals surface area contributed by atoms with Crippen molar-refractivity contribution in [2.75, 3.05) is 0 Å². The van der Waals surface area contributed by atoms with Gasteiger partial charge < -0.3 is 9.13 Å². The van der Waals surface area contributed by atoms with Crippen molar-refractivity contribution in [3.05, 3.63) is 277 Å². The molecule has 0 aliphatic rings. The molecule has 0 aliphatic heterocycles. The summed E-state index contributed by atoms with van der Waals surface area (Å²) in [5.41, 5.74) is 19.0. The van der Waals surface area contributed by atoms with Crippen LogP contribution in [0.4, 0.5) is 0 Å². The molecule has 300 valence electrons. The van der Waals surface area contributed by atoms with E-state index < -0.39 is 0 Å². The quantitative estimate of drug-likeness (QED) is 0.135. The summed E-state index contributed by atoms with van der Waals surface area (Å²) < 4.78 is 4.74. The van der Waals surface area contributed by atoms with Gasteiger partial charge in [-0.15, -0.1) is 0 Å². The third-order valence-corrected chi connectivity index (χ3v) is 12.8. The van der Waals surface area contributed by atoms with Crippen molar-refractivity contribution in [3.63, 3.8) is 0 Å². The highest BCUT2D eigenvalue weighted by Gasteiger charge is 2.18. The molecule has 0 radical (unpaired) electrons. The fourth-order valence-electron chi connectivity index (χ4n) is 9.79. The molecule has 12 rings (SSSR count). The van der Waals surface area contributed by atoms with E-state index in [1.54, 1.807) is 0 Å². The molecule has 0 atom stereocenters. The van der Waals surface area contributed by atoms with Gasteiger partial charge in [-0.1, -0.05) is 206 Å². The molecule has 0 spiro atoms. The first-order chi connectivity index (χ1) is 31.8. The molecule has 2 heteroatoms. The topological polar surface area (TPSA) is 9.86 Å². The van der Waals surface area contributed by atoms with Gasteiger partial charge in [-0.05, 0) is 104 Å². The van der Waals surface area contributed by atoms with Crippen LogP contribution in [0.3, 0.4) is 0 Å². The number of benzene rings is 10. The summed E-state index contributed by atoms with van der Waals surface area (Å²) in [6.45, 7) is 0. The Morgan fingerprint density at radius 3 is 0.734 bits per heavy atom. The first-order valence-corrected chi connectivity index (χ1v) is 22.0. The highest BCUT2D eigenvalue weighted by Crippen LogP contribution is 2.39. The summed E-state index contributed by atoms with van der Waals surface area (Å²) in [6.07, 6.45) is 0. The molecule has 64 heavy (non-hydrogen) atoms. The summed E-state index contributed by atoms with van der Waals surface area (Å²) in [5.74, 6) is 0. The second-order valence-electron chi connectivity index (χ2n) is 16.5. The molecular weight excluding hydrogens is 773 g/mol. The lowest BCUT2D eigenvalue weighted by atomic mass is 9.85. The summed E-state index contributed by atoms with van der Waals surface area (Å²) in [5, 5.41) is 5.08. The Balaban J connectivity index is 0.905. The van der Waals surface area contributed by atoms with Gasteiger partial charge in [0.15, 0.2) is 0 Å². The Kier molecular flexibility index (Phi) is 9.20. The maximum absolute atomic E-state index is 2.37. The molecule has 0 bridgehead atoms. The van der Waals surface area contributed by atoms with Crippen LogP contribution in [-0.2, 0) is 0 Å². The Morgan fingerprint density at radius 1 is 0.203 bits per heavy atom. The van der Waals surface area contributed by atoms with Crippen molar-refractivity contribution in [2.45, 2.75) is 0 Å². The van der Waals surface area contributed by atoms with E-state index in [1.807, 2.05) is 0 Å². The van der Waals surface area contributed by atoms with Crippen molar-refractivity contribution in [2.24, 2.45) is 0 Å². The maximum atomic E-state index is 2.37. The van der Waals surface area contributed by atoms with Gasteiger partial charge in [0.05, 0.1) is 22.1 Å². The first kappa shape index (κ1) is 37.3. The second kappa shape index (κ2) is 15.8. The Bertz CT molecular complexity index is 3290. The predicted molar refractivity (Wildman–Crippen MR) is 270 cm³/mol. The number of hydrogen-bond acceptors (Lipinski definition) is 0. The predicted octanol–water partition coefficient (Wildman–Crippen LogP) is 16.2. The van der Waals surface area contributed by atoms with Gasteiger partial charge in [-0.2, -0.15) is 0 Å². The van der Waals surface area contributed by atoms with Crippen LogP contribution in [0.25, 0.3) is 88.4 Å². The molecule has 2 nitrogen and oxygen atoms in total. The number of nitrogens with zero attached hydrogens (tertiary/aromatic N) is 2. The highest BCUT2D eigenvalue weighted by atomic mass is 15.0. The van der Waals surface area contributed by atoms with Crippen LogP contribution in [0, 0.1) is 0 Å². The molecule has 12 aromatic rings. The maximum Gasteiger partial charge on any atom is 0.0541 e. The van der Waals surface area contributed by atoms with Crippen LogP contribution in [0.2, 0.25) is 0 Å². The van der Waals surface area contributed by atoms with Crippen molar-refractivity contribution in [1.82, 2.24) is 9.13 Å². The van der Waals surface area contributed by atoms with E-state index in [0.29, 0.717) is 0 Å². The fourth-order valence-corrected chi connectivity index (χ4v) is 9.79. The molecule has 0 N–H and O–H groups in total. The molecule has 0 fully saturated rings. The average Bonchev–Trinajstić information content (AvgIpc) is 3.90. The van der Waals surface area contributed by atoms with Crippen molar-refractivity contribution >= 4 is 54.8 Å². The van der Waals surface area contributed by atoms with Crippen LogP contribution < -0.4 is 0 Å². The van der Waals surface area contributed by atoms with Crippen molar-refractivity contribution in [3.8, 4) is 33.6 Å². The highest BCUT2D eigenvalue weighted by molar-refractivity contribution is 6.10. The molecule has 0 saturated carbocycles. The molecule has 0 amide bonds. The molecule has 2 heterocycles. The minimum Gasteiger partial charge on any atom is -0.309 e. The van der Waals surface area contributed by atoms with Crippen LogP contribution in [-0.4, -0.2) is 9.13 Å². The van der Waals surface area contributed by atoms with E-state index in [2.05, 4.69) is 264 Å². The van der Waals surface area contributed by atoms with E-state index in [0.717, 1.165) is 11.4 Å². The molecule has 0 aliphatic carbocycles. The van der Waals surface area contributed by atoms with Crippen molar-refractivity contribution < 1.29 is 0 Å². The normalized spacial score (nSPS) is 12.0. The van der Waals surface area contributed by atoms with Gasteiger partial charge in [0.2, 0.25) is 0 Å². The third-order valence-electron chi connectivity index (χ3n) is 12.8. The van der Waals surface area contributed by atoms with Crippen LogP contribution in [0.5, 0.6) is 0 Å². The Labute approximate surface area is 372 Å². The van der Waals surface area contributed by atoms with Gasteiger partial charge in [0, 0.05) is 32.9 Å². The SMILES string of the molecule is c1ccc(C(=C(c2ccccc2)c2ccc(-c3ccc(-n4c5ccccc5c5ccccc54)cc3)cc2)c2ccc(-c3ccc(-n4c5ccccc5c5ccccc54)cc3)cc2)cc1. The van der Waals surface area contributed by atoms with Gasteiger partial charge >= 0.3 is 0 Å². The van der Waals surface area contributed by atoms with Gasteiger partial charge in [-0.25, -0.2) is 0 Å². The molecule has 0 unspecified atom stereocenters. The first-order valence-electron chi connectivity index (χ1n) is 22.0. The molecule has 0 saturated heterocycles. The lowest BCUT2D eigenvalue weighted by Crippen LogP contribution is -1.98. The van der Waals surface area contributed by atoms with Gasteiger partial charge in [0.25, 0.3) is 0 Å². The number of rotatable bonds is 8. The number of aromatic nitrogens is 2. The van der Waals surface area contributed by atoms with Crippen LogP contribution in [0.15, 0.2) is 255 Å². The van der Waals surface area contributed by atoms with Crippen molar-refractivity contribution in [1.29, 1.82) is 0 Å². The zero-order chi connectivity index (χ0) is 42.4. The Morgan fingerprint density at radius 2 is 0.438 bits per heavy atom. The van der Waals surface area contributed by atoms with Crippen LogP contribution in [0.1, 0.15) is 22.3 Å². The van der Waals surface area contributed by atoms with Gasteiger partial charge in [-0.3, -0.25) is 0 Å². The van der Waals surface area contributed by atoms with E-state index in [9.17, 15) is 0 Å². The molecule has 2 aromatic heterocycles. The summed E-state index contributed by atoms with van der Waals surface area (Å²) in [4.78, 5) is 0. The third kappa shape index (κ3) is 6.44. The minimum atomic E-state index is 1.15. The lowest BCUT2D eigenvalue weighted by Gasteiger charge is -2.19. The largest absolute Gasteiger partial charge is 0.309 e. The zero-order valence-corrected chi connectivity index (χ0v) is 35.1. The smallest absolute Gasteiger partial charge is 0.0541 e. The summed E-state index contributed by atoms with van der Waals surface area (Å²) in [6, 6.07) is 92.5. The number of fused-ring (bicyclic) bond motifs is 6. The van der Waals surface area contributed by atoms with E-state index in [-0.39, 0.29) is 0 Å². The average molecular weight is 815 g/mol. The number of hydrogen-bond donors (Lipinski definition) is 0. The summed E-state index contributed by atoms with van der Waals surface area (Å²) in [7, 11) is 0. The molecule has 10 aromatic carbocycles. The summed E-state index contributed by atoms with van der Waals surface area (Å²) >= 11 is 0. The lowest BCUT2D eigenvalue weighted by molar-refractivity contribution is 1.18. The monoisotopic (exact) mass is 814 g/mol.